The maximum absolute atomic E-state index is 13.7. The highest BCUT2D eigenvalue weighted by Gasteiger charge is 2.12. The molecule has 0 spiro atoms. The second kappa shape index (κ2) is 5.11. The monoisotopic (exact) mass is 254 g/mol. The Balaban J connectivity index is 2.58. The summed E-state index contributed by atoms with van der Waals surface area (Å²) in [7, 11) is 0. The molecule has 96 valence electrons. The predicted octanol–water partition coefficient (Wildman–Crippen LogP) is 4.07. The van der Waals surface area contributed by atoms with Gasteiger partial charge in [-0.2, -0.15) is 5.26 Å². The highest BCUT2D eigenvalue weighted by atomic mass is 19.1. The van der Waals surface area contributed by atoms with Crippen LogP contribution < -0.4 is 5.73 Å². The molecule has 0 heterocycles. The number of nitriles is 1. The van der Waals surface area contributed by atoms with Crippen molar-refractivity contribution in [2.75, 3.05) is 5.73 Å². The van der Waals surface area contributed by atoms with E-state index < -0.39 is 0 Å². The lowest BCUT2D eigenvalue weighted by atomic mass is 9.94. The fraction of sp³-hybridized carbons (Fsp3) is 0.188. The number of halogens is 1. The van der Waals surface area contributed by atoms with E-state index in [0.29, 0.717) is 16.8 Å². The molecular weight excluding hydrogens is 239 g/mol. The molecule has 2 N–H and O–H groups in total. The van der Waals surface area contributed by atoms with E-state index >= 15 is 0 Å². The van der Waals surface area contributed by atoms with Crippen LogP contribution in [0.1, 0.15) is 30.9 Å². The molecule has 0 aliphatic rings. The summed E-state index contributed by atoms with van der Waals surface area (Å²) in [5, 5.41) is 8.78. The van der Waals surface area contributed by atoms with Crippen molar-refractivity contribution in [2.45, 2.75) is 19.8 Å². The van der Waals surface area contributed by atoms with E-state index in [1.807, 2.05) is 13.8 Å². The Morgan fingerprint density at radius 2 is 1.79 bits per heavy atom. The zero-order valence-electron chi connectivity index (χ0n) is 10.9. The second-order valence-corrected chi connectivity index (χ2v) is 4.80. The number of hydrogen-bond acceptors (Lipinski definition) is 2. The van der Waals surface area contributed by atoms with Crippen molar-refractivity contribution in [2.24, 2.45) is 0 Å². The smallest absolute Gasteiger partial charge is 0.124 e. The molecule has 0 aliphatic carbocycles. The summed E-state index contributed by atoms with van der Waals surface area (Å²) < 4.78 is 13.7. The van der Waals surface area contributed by atoms with Gasteiger partial charge in [-0.05, 0) is 41.3 Å². The van der Waals surface area contributed by atoms with E-state index in [-0.39, 0.29) is 11.7 Å². The first-order valence-electron chi connectivity index (χ1n) is 6.12. The van der Waals surface area contributed by atoms with E-state index in [9.17, 15) is 4.39 Å². The molecule has 0 bridgehead atoms. The minimum Gasteiger partial charge on any atom is -0.398 e. The number of nitrogen functional groups attached to an aromatic ring is 1. The summed E-state index contributed by atoms with van der Waals surface area (Å²) in [5.41, 5.74) is 9.59. The van der Waals surface area contributed by atoms with Gasteiger partial charge in [-0.15, -0.1) is 0 Å². The van der Waals surface area contributed by atoms with E-state index in [0.717, 1.165) is 11.1 Å². The number of nitrogens with zero attached hydrogens (tertiary/aromatic N) is 1. The highest BCUT2D eigenvalue weighted by Crippen LogP contribution is 2.33. The first-order chi connectivity index (χ1) is 9.02. The molecule has 0 atom stereocenters. The normalized spacial score (nSPS) is 10.5. The second-order valence-electron chi connectivity index (χ2n) is 4.80. The molecule has 0 aliphatic heterocycles. The van der Waals surface area contributed by atoms with Crippen LogP contribution in [0, 0.1) is 17.1 Å². The van der Waals surface area contributed by atoms with Crippen molar-refractivity contribution >= 4 is 5.69 Å². The maximum Gasteiger partial charge on any atom is 0.124 e. The number of hydrogen-bond donors (Lipinski definition) is 1. The van der Waals surface area contributed by atoms with Crippen LogP contribution in [0.3, 0.4) is 0 Å². The fourth-order valence-electron chi connectivity index (χ4n) is 2.08. The van der Waals surface area contributed by atoms with E-state index in [1.165, 1.54) is 12.1 Å². The molecule has 2 nitrogen and oxygen atoms in total. The summed E-state index contributed by atoms with van der Waals surface area (Å²) in [5.74, 6) is -0.134. The molecule has 2 aromatic carbocycles. The van der Waals surface area contributed by atoms with Crippen LogP contribution in [0.5, 0.6) is 0 Å². The summed E-state index contributed by atoms with van der Waals surface area (Å²) in [4.78, 5) is 0. The average molecular weight is 254 g/mol. The van der Waals surface area contributed by atoms with E-state index in [2.05, 4.69) is 6.07 Å². The van der Waals surface area contributed by atoms with Gasteiger partial charge in [0, 0.05) is 11.3 Å². The third-order valence-corrected chi connectivity index (χ3v) is 3.12. The predicted molar refractivity (Wildman–Crippen MR) is 75.1 cm³/mol. The van der Waals surface area contributed by atoms with Crippen molar-refractivity contribution < 1.29 is 4.39 Å². The van der Waals surface area contributed by atoms with Gasteiger partial charge in [-0.3, -0.25) is 0 Å². The molecule has 19 heavy (non-hydrogen) atoms. The number of nitrogens with two attached hydrogens (primary N) is 1. The van der Waals surface area contributed by atoms with Crippen LogP contribution in [0.2, 0.25) is 0 Å². The standard InChI is InChI=1S/C16H15FN2/c1-10(2)14-7-13(17)8-15(16(14)19)12-5-3-11(9-18)4-6-12/h3-8,10H,19H2,1-2H3. The van der Waals surface area contributed by atoms with Crippen molar-refractivity contribution in [1.29, 1.82) is 5.26 Å². The van der Waals surface area contributed by atoms with Crippen molar-refractivity contribution in [3.8, 4) is 17.2 Å². The van der Waals surface area contributed by atoms with Crippen molar-refractivity contribution in [3.05, 3.63) is 53.3 Å². The lowest BCUT2D eigenvalue weighted by Crippen LogP contribution is -2.00. The molecule has 2 aromatic rings. The van der Waals surface area contributed by atoms with Crippen LogP contribution in [-0.4, -0.2) is 0 Å². The largest absolute Gasteiger partial charge is 0.398 e. The summed E-state index contributed by atoms with van der Waals surface area (Å²) >= 11 is 0. The molecular formula is C16H15FN2. The van der Waals surface area contributed by atoms with Gasteiger partial charge in [0.2, 0.25) is 0 Å². The minimum atomic E-state index is -0.294. The summed E-state index contributed by atoms with van der Waals surface area (Å²) in [6.45, 7) is 3.96. The molecule has 0 saturated heterocycles. The Kier molecular flexibility index (Phi) is 3.52. The van der Waals surface area contributed by atoms with Crippen LogP contribution in [-0.2, 0) is 0 Å². The minimum absolute atomic E-state index is 0.160. The third-order valence-electron chi connectivity index (χ3n) is 3.12. The van der Waals surface area contributed by atoms with Gasteiger partial charge in [0.25, 0.3) is 0 Å². The molecule has 0 aromatic heterocycles. The van der Waals surface area contributed by atoms with Gasteiger partial charge < -0.3 is 5.73 Å². The zero-order valence-corrected chi connectivity index (χ0v) is 10.9. The Labute approximate surface area is 112 Å². The summed E-state index contributed by atoms with van der Waals surface area (Å²) in [6, 6.07) is 11.9. The molecule has 0 saturated carbocycles. The quantitative estimate of drug-likeness (QED) is 0.821. The Bertz CT molecular complexity index is 637. The lowest BCUT2D eigenvalue weighted by molar-refractivity contribution is 0.624. The van der Waals surface area contributed by atoms with Crippen LogP contribution in [0.4, 0.5) is 10.1 Å². The number of anilines is 1. The number of rotatable bonds is 2. The molecule has 2 rings (SSSR count). The fourth-order valence-corrected chi connectivity index (χ4v) is 2.08. The molecule has 0 radical (unpaired) electrons. The SMILES string of the molecule is CC(C)c1cc(F)cc(-c2ccc(C#N)cc2)c1N. The topological polar surface area (TPSA) is 49.8 Å². The molecule has 0 fully saturated rings. The van der Waals surface area contributed by atoms with Gasteiger partial charge in [-0.25, -0.2) is 4.39 Å². The maximum atomic E-state index is 13.7. The van der Waals surface area contributed by atoms with E-state index in [4.69, 9.17) is 11.0 Å². The van der Waals surface area contributed by atoms with Gasteiger partial charge in [0.1, 0.15) is 5.82 Å². The lowest BCUT2D eigenvalue weighted by Gasteiger charge is -2.14. The van der Waals surface area contributed by atoms with Crippen LogP contribution >= 0.6 is 0 Å². The first-order valence-corrected chi connectivity index (χ1v) is 6.12. The zero-order chi connectivity index (χ0) is 14.0. The molecule has 3 heteroatoms. The number of benzene rings is 2. The highest BCUT2D eigenvalue weighted by molar-refractivity contribution is 5.79. The van der Waals surface area contributed by atoms with Crippen LogP contribution in [0.15, 0.2) is 36.4 Å². The van der Waals surface area contributed by atoms with Gasteiger partial charge in [-0.1, -0.05) is 26.0 Å². The summed E-state index contributed by atoms with van der Waals surface area (Å²) in [6.07, 6.45) is 0. The van der Waals surface area contributed by atoms with Gasteiger partial charge in [0.05, 0.1) is 11.6 Å². The van der Waals surface area contributed by atoms with Crippen molar-refractivity contribution in [3.63, 3.8) is 0 Å². The first kappa shape index (κ1) is 13.1. The van der Waals surface area contributed by atoms with Gasteiger partial charge in [0.15, 0.2) is 0 Å². The van der Waals surface area contributed by atoms with Crippen molar-refractivity contribution in [1.82, 2.24) is 0 Å². The Morgan fingerprint density at radius 1 is 1.16 bits per heavy atom. The van der Waals surface area contributed by atoms with Crippen LogP contribution in [0.25, 0.3) is 11.1 Å². The van der Waals surface area contributed by atoms with E-state index in [1.54, 1.807) is 24.3 Å². The molecule has 0 unspecified atom stereocenters. The molecule has 0 amide bonds. The average Bonchev–Trinajstić information content (AvgIpc) is 2.41. The Morgan fingerprint density at radius 3 is 2.32 bits per heavy atom. The van der Waals surface area contributed by atoms with Gasteiger partial charge >= 0.3 is 0 Å². The Hall–Kier alpha value is -2.34. The third kappa shape index (κ3) is 2.58.